The number of aryl methyl sites for hydroxylation is 1. The van der Waals surface area contributed by atoms with E-state index in [1.165, 1.54) is 18.3 Å². The highest BCUT2D eigenvalue weighted by molar-refractivity contribution is 5.79. The number of carbonyl (C=O) groups excluding carboxylic acids is 1. The van der Waals surface area contributed by atoms with Gasteiger partial charge in [0.25, 0.3) is 5.56 Å². The Balaban J connectivity index is 1.71. The van der Waals surface area contributed by atoms with Crippen molar-refractivity contribution in [3.8, 4) is 0 Å². The molecular weight excluding hydrogens is 361 g/mol. The number of amides is 1. The lowest BCUT2D eigenvalue weighted by atomic mass is 10.1. The molecule has 0 unspecified atom stereocenters. The largest absolute Gasteiger partial charge is 0.416 e. The molecule has 142 valence electrons. The van der Waals surface area contributed by atoms with Gasteiger partial charge in [-0.15, -0.1) is 0 Å². The zero-order chi connectivity index (χ0) is 19.8. The van der Waals surface area contributed by atoms with Crippen molar-refractivity contribution in [3.63, 3.8) is 0 Å². The third kappa shape index (κ3) is 3.86. The van der Waals surface area contributed by atoms with Gasteiger partial charge in [-0.3, -0.25) is 9.59 Å². The number of benzene rings is 1. The minimum Gasteiger partial charge on any atom is -0.348 e. The third-order valence-electron chi connectivity index (χ3n) is 4.29. The van der Waals surface area contributed by atoms with E-state index in [0.717, 1.165) is 16.8 Å². The van der Waals surface area contributed by atoms with Gasteiger partial charge in [-0.05, 0) is 30.7 Å². The lowest BCUT2D eigenvalue weighted by Crippen LogP contribution is -2.35. The van der Waals surface area contributed by atoms with E-state index in [1.54, 1.807) is 30.8 Å². The molecule has 0 aliphatic heterocycles. The van der Waals surface area contributed by atoms with Crippen LogP contribution in [0.5, 0.6) is 0 Å². The van der Waals surface area contributed by atoms with Crippen molar-refractivity contribution in [1.29, 1.82) is 0 Å². The molecule has 0 radical (unpaired) electrons. The van der Waals surface area contributed by atoms with Crippen LogP contribution in [-0.2, 0) is 24.6 Å². The molecule has 1 amide bonds. The van der Waals surface area contributed by atoms with Gasteiger partial charge in [0.2, 0.25) is 5.91 Å². The molecule has 0 saturated carbocycles. The zero-order valence-electron chi connectivity index (χ0n) is 14.6. The third-order valence-corrected chi connectivity index (χ3v) is 4.29. The maximum atomic E-state index is 12.6. The lowest BCUT2D eigenvalue weighted by Gasteiger charge is -2.16. The highest BCUT2D eigenvalue weighted by Gasteiger charge is 2.30. The van der Waals surface area contributed by atoms with E-state index in [2.05, 4.69) is 10.4 Å². The highest BCUT2D eigenvalue weighted by atomic mass is 19.4. The van der Waals surface area contributed by atoms with Crippen molar-refractivity contribution < 1.29 is 18.0 Å². The van der Waals surface area contributed by atoms with Crippen molar-refractivity contribution in [2.24, 2.45) is 7.05 Å². The predicted octanol–water partition coefficient (Wildman–Crippen LogP) is 2.63. The van der Waals surface area contributed by atoms with Gasteiger partial charge in [-0.25, -0.2) is 4.68 Å². The smallest absolute Gasteiger partial charge is 0.348 e. The SMILES string of the molecule is C[C@H](NC(=O)Cn1ncc2ccn(C)c2c1=O)c1ccc(C(F)(F)F)cc1. The molecule has 9 heteroatoms. The minimum atomic E-state index is -4.41. The summed E-state index contributed by atoms with van der Waals surface area (Å²) in [6.45, 7) is 1.36. The Bertz CT molecular complexity index is 1040. The Morgan fingerprint density at radius 1 is 1.22 bits per heavy atom. The fraction of sp³-hybridized carbons (Fsp3) is 0.278. The molecule has 2 aromatic heterocycles. The summed E-state index contributed by atoms with van der Waals surface area (Å²) in [5.41, 5.74) is -0.183. The molecule has 1 atom stereocenters. The van der Waals surface area contributed by atoms with Gasteiger partial charge in [0.15, 0.2) is 0 Å². The molecule has 0 saturated heterocycles. The minimum absolute atomic E-state index is 0.287. The van der Waals surface area contributed by atoms with Crippen molar-refractivity contribution in [2.45, 2.75) is 25.7 Å². The summed E-state index contributed by atoms with van der Waals surface area (Å²) in [7, 11) is 1.72. The number of hydrogen-bond acceptors (Lipinski definition) is 3. The van der Waals surface area contributed by atoms with Crippen LogP contribution < -0.4 is 10.9 Å². The summed E-state index contributed by atoms with van der Waals surface area (Å²) in [6, 6.07) is 5.79. The summed E-state index contributed by atoms with van der Waals surface area (Å²) < 4.78 is 40.6. The maximum absolute atomic E-state index is 12.6. The van der Waals surface area contributed by atoms with E-state index in [4.69, 9.17) is 0 Å². The Morgan fingerprint density at radius 2 is 1.89 bits per heavy atom. The summed E-state index contributed by atoms with van der Waals surface area (Å²) in [5.74, 6) is -0.467. The van der Waals surface area contributed by atoms with E-state index in [9.17, 15) is 22.8 Å². The average molecular weight is 378 g/mol. The van der Waals surface area contributed by atoms with Crippen LogP contribution in [0.4, 0.5) is 13.2 Å². The van der Waals surface area contributed by atoms with Crippen molar-refractivity contribution in [1.82, 2.24) is 19.7 Å². The summed E-state index contributed by atoms with van der Waals surface area (Å²) in [5, 5.41) is 7.32. The lowest BCUT2D eigenvalue weighted by molar-refractivity contribution is -0.137. The van der Waals surface area contributed by atoms with Gasteiger partial charge in [-0.2, -0.15) is 18.3 Å². The number of alkyl halides is 3. The summed E-state index contributed by atoms with van der Waals surface area (Å²) in [6.07, 6.45) is -1.18. The van der Waals surface area contributed by atoms with Gasteiger partial charge in [0, 0.05) is 18.6 Å². The molecule has 1 N–H and O–H groups in total. The molecule has 0 aliphatic rings. The Morgan fingerprint density at radius 3 is 2.52 bits per heavy atom. The molecule has 0 spiro atoms. The quantitative estimate of drug-likeness (QED) is 0.759. The van der Waals surface area contributed by atoms with E-state index < -0.39 is 29.2 Å². The van der Waals surface area contributed by atoms with Gasteiger partial charge in [-0.1, -0.05) is 12.1 Å². The standard InChI is InChI=1S/C18H17F3N4O2/c1-11(12-3-5-14(6-4-12)18(19,20)21)23-15(26)10-25-17(27)16-13(9-22-25)7-8-24(16)2/h3-9,11H,10H2,1-2H3,(H,23,26)/t11-/m0/s1. The van der Waals surface area contributed by atoms with Gasteiger partial charge < -0.3 is 9.88 Å². The van der Waals surface area contributed by atoms with E-state index in [0.29, 0.717) is 16.5 Å². The fourth-order valence-electron chi connectivity index (χ4n) is 2.81. The molecule has 0 bridgehead atoms. The number of halogens is 3. The van der Waals surface area contributed by atoms with Crippen molar-refractivity contribution in [3.05, 3.63) is 64.2 Å². The molecule has 0 aliphatic carbocycles. The molecule has 6 nitrogen and oxygen atoms in total. The number of fused-ring (bicyclic) bond motifs is 1. The van der Waals surface area contributed by atoms with Crippen molar-refractivity contribution in [2.75, 3.05) is 0 Å². The Kier molecular flexibility index (Phi) is 4.77. The second kappa shape index (κ2) is 6.90. The van der Waals surface area contributed by atoms with Crippen molar-refractivity contribution >= 4 is 16.8 Å². The summed E-state index contributed by atoms with van der Waals surface area (Å²) in [4.78, 5) is 24.7. The summed E-state index contributed by atoms with van der Waals surface area (Å²) >= 11 is 0. The fourth-order valence-corrected chi connectivity index (χ4v) is 2.81. The monoisotopic (exact) mass is 378 g/mol. The second-order valence-electron chi connectivity index (χ2n) is 6.25. The average Bonchev–Trinajstić information content (AvgIpc) is 2.98. The molecule has 3 aromatic rings. The van der Waals surface area contributed by atoms with Crippen LogP contribution in [0.15, 0.2) is 47.5 Å². The van der Waals surface area contributed by atoms with Gasteiger partial charge in [0.1, 0.15) is 12.1 Å². The van der Waals surface area contributed by atoms with E-state index in [1.807, 2.05) is 0 Å². The van der Waals surface area contributed by atoms with Crippen LogP contribution in [0.3, 0.4) is 0 Å². The van der Waals surface area contributed by atoms with Gasteiger partial charge >= 0.3 is 6.18 Å². The number of carbonyl (C=O) groups is 1. The number of hydrogen-bond donors (Lipinski definition) is 1. The number of aromatic nitrogens is 3. The molecule has 1 aromatic carbocycles. The Labute approximate surface area is 152 Å². The first-order valence-corrected chi connectivity index (χ1v) is 8.14. The first-order chi connectivity index (χ1) is 12.7. The van der Waals surface area contributed by atoms with E-state index in [-0.39, 0.29) is 6.54 Å². The Hall–Kier alpha value is -3.10. The molecule has 3 rings (SSSR count). The number of rotatable bonds is 4. The maximum Gasteiger partial charge on any atom is 0.416 e. The molecule has 2 heterocycles. The number of nitrogens with one attached hydrogen (secondary N) is 1. The first-order valence-electron chi connectivity index (χ1n) is 8.14. The van der Waals surface area contributed by atoms with Crippen LogP contribution >= 0.6 is 0 Å². The normalized spacial score (nSPS) is 12.9. The van der Waals surface area contributed by atoms with E-state index >= 15 is 0 Å². The number of nitrogens with zero attached hydrogens (tertiary/aromatic N) is 3. The van der Waals surface area contributed by atoms with Crippen LogP contribution in [0.1, 0.15) is 24.1 Å². The van der Waals surface area contributed by atoms with Crippen LogP contribution in [0.25, 0.3) is 10.9 Å². The predicted molar refractivity (Wildman–Crippen MR) is 93.0 cm³/mol. The van der Waals surface area contributed by atoms with Crippen LogP contribution in [-0.4, -0.2) is 20.3 Å². The highest BCUT2D eigenvalue weighted by Crippen LogP contribution is 2.29. The zero-order valence-corrected chi connectivity index (χ0v) is 14.6. The first kappa shape index (κ1) is 18.7. The van der Waals surface area contributed by atoms with Crippen LogP contribution in [0, 0.1) is 0 Å². The van der Waals surface area contributed by atoms with Gasteiger partial charge in [0.05, 0.1) is 17.8 Å². The molecule has 27 heavy (non-hydrogen) atoms. The second-order valence-corrected chi connectivity index (χ2v) is 6.25. The molecular formula is C18H17F3N4O2. The van der Waals surface area contributed by atoms with Crippen LogP contribution in [0.2, 0.25) is 0 Å². The molecule has 0 fully saturated rings. The topological polar surface area (TPSA) is 68.9 Å².